The largest absolute Gasteiger partial charge is 0.480 e. The van der Waals surface area contributed by atoms with Crippen LogP contribution >= 0.6 is 0 Å². The normalized spacial score (nSPS) is 12.1. The van der Waals surface area contributed by atoms with Crippen LogP contribution in [0.1, 0.15) is 12.0 Å². The van der Waals surface area contributed by atoms with Gasteiger partial charge in [0, 0.05) is 12.7 Å². The molecule has 1 aromatic carbocycles. The van der Waals surface area contributed by atoms with E-state index in [9.17, 15) is 4.79 Å². The monoisotopic (exact) mass is 208 g/mol. The molecular formula is C11H16N2O2. The van der Waals surface area contributed by atoms with E-state index in [1.165, 1.54) is 0 Å². The first-order valence-corrected chi connectivity index (χ1v) is 4.88. The van der Waals surface area contributed by atoms with Crippen LogP contribution in [0.5, 0.6) is 0 Å². The van der Waals surface area contributed by atoms with Gasteiger partial charge in [-0.05, 0) is 30.5 Å². The molecule has 1 rings (SSSR count). The van der Waals surface area contributed by atoms with E-state index in [-0.39, 0.29) is 0 Å². The van der Waals surface area contributed by atoms with E-state index in [4.69, 9.17) is 10.8 Å². The quantitative estimate of drug-likeness (QED) is 0.676. The van der Waals surface area contributed by atoms with Crippen molar-refractivity contribution in [3.63, 3.8) is 0 Å². The standard InChI is InChI=1S/C11H16N2O2/c1-13-9-4-2-3-8(7-9)5-6-10(12)11(14)15/h2-4,7,10,13H,5-6,12H2,1H3,(H,14,15)/t10-/m0/s1. The van der Waals surface area contributed by atoms with E-state index >= 15 is 0 Å². The van der Waals surface area contributed by atoms with Gasteiger partial charge in [0.2, 0.25) is 0 Å². The summed E-state index contributed by atoms with van der Waals surface area (Å²) in [6.45, 7) is 0. The van der Waals surface area contributed by atoms with Gasteiger partial charge in [-0.3, -0.25) is 4.79 Å². The van der Waals surface area contributed by atoms with Gasteiger partial charge >= 0.3 is 5.97 Å². The molecule has 0 heterocycles. The second-order valence-electron chi connectivity index (χ2n) is 3.43. The number of anilines is 1. The second-order valence-corrected chi connectivity index (χ2v) is 3.43. The third-order valence-electron chi connectivity index (χ3n) is 2.28. The number of carboxylic acids is 1. The van der Waals surface area contributed by atoms with Crippen LogP contribution in [-0.4, -0.2) is 24.2 Å². The predicted molar refractivity (Wildman–Crippen MR) is 59.9 cm³/mol. The highest BCUT2D eigenvalue weighted by Gasteiger charge is 2.10. The lowest BCUT2D eigenvalue weighted by Gasteiger charge is -2.07. The zero-order valence-corrected chi connectivity index (χ0v) is 8.73. The SMILES string of the molecule is CNc1cccc(CC[C@H](N)C(=O)O)c1. The van der Waals surface area contributed by atoms with Crippen LogP contribution in [0.25, 0.3) is 0 Å². The lowest BCUT2D eigenvalue weighted by molar-refractivity contribution is -0.138. The summed E-state index contributed by atoms with van der Waals surface area (Å²) in [6.07, 6.45) is 1.14. The molecule has 0 aliphatic heterocycles. The van der Waals surface area contributed by atoms with Crippen LogP contribution in [0.15, 0.2) is 24.3 Å². The molecule has 0 radical (unpaired) electrons. The number of rotatable bonds is 5. The molecule has 0 saturated heterocycles. The molecule has 4 nitrogen and oxygen atoms in total. The van der Waals surface area contributed by atoms with E-state index in [0.717, 1.165) is 11.3 Å². The molecule has 0 aromatic heterocycles. The van der Waals surface area contributed by atoms with Crippen LogP contribution in [0.3, 0.4) is 0 Å². The maximum atomic E-state index is 10.5. The van der Waals surface area contributed by atoms with Crippen LogP contribution in [-0.2, 0) is 11.2 Å². The number of aryl methyl sites for hydroxylation is 1. The Labute approximate surface area is 89.1 Å². The van der Waals surface area contributed by atoms with Crippen molar-refractivity contribution in [2.45, 2.75) is 18.9 Å². The van der Waals surface area contributed by atoms with E-state index in [2.05, 4.69) is 5.32 Å². The van der Waals surface area contributed by atoms with Crippen molar-refractivity contribution in [3.8, 4) is 0 Å². The minimum absolute atomic E-state index is 0.461. The Morgan fingerprint density at radius 2 is 2.33 bits per heavy atom. The van der Waals surface area contributed by atoms with Gasteiger partial charge in [0.1, 0.15) is 6.04 Å². The summed E-state index contributed by atoms with van der Waals surface area (Å²) in [5.41, 5.74) is 7.54. The number of hydrogen-bond donors (Lipinski definition) is 3. The molecule has 1 atom stereocenters. The van der Waals surface area contributed by atoms with Gasteiger partial charge in [-0.2, -0.15) is 0 Å². The number of carbonyl (C=O) groups is 1. The summed E-state index contributed by atoms with van der Waals surface area (Å²) >= 11 is 0. The third-order valence-corrected chi connectivity index (χ3v) is 2.28. The van der Waals surface area contributed by atoms with Crippen molar-refractivity contribution in [1.29, 1.82) is 0 Å². The summed E-state index contributed by atoms with van der Waals surface area (Å²) in [4.78, 5) is 10.5. The minimum Gasteiger partial charge on any atom is -0.480 e. The Bertz CT molecular complexity index is 339. The molecule has 0 aliphatic carbocycles. The van der Waals surface area contributed by atoms with Gasteiger partial charge in [0.05, 0.1) is 0 Å². The number of aliphatic carboxylic acids is 1. The molecule has 4 heteroatoms. The summed E-state index contributed by atoms with van der Waals surface area (Å²) in [7, 11) is 1.85. The highest BCUT2D eigenvalue weighted by atomic mass is 16.4. The van der Waals surface area contributed by atoms with Crippen LogP contribution in [0, 0.1) is 0 Å². The summed E-state index contributed by atoms with van der Waals surface area (Å²) in [5.74, 6) is -0.945. The van der Waals surface area contributed by atoms with E-state index in [1.54, 1.807) is 0 Å². The summed E-state index contributed by atoms with van der Waals surface area (Å²) < 4.78 is 0. The molecule has 0 saturated carbocycles. The molecule has 4 N–H and O–H groups in total. The number of hydrogen-bond acceptors (Lipinski definition) is 3. The number of nitrogens with one attached hydrogen (secondary N) is 1. The van der Waals surface area contributed by atoms with Crippen molar-refractivity contribution < 1.29 is 9.90 Å². The first-order valence-electron chi connectivity index (χ1n) is 4.88. The van der Waals surface area contributed by atoms with Gasteiger partial charge in [0.15, 0.2) is 0 Å². The fraction of sp³-hybridized carbons (Fsp3) is 0.364. The van der Waals surface area contributed by atoms with Crippen molar-refractivity contribution in [1.82, 2.24) is 0 Å². The summed E-state index contributed by atoms with van der Waals surface area (Å²) in [5, 5.41) is 11.7. The Kier molecular flexibility index (Phi) is 4.12. The Balaban J connectivity index is 2.53. The second kappa shape index (κ2) is 5.36. The molecule has 0 amide bonds. The highest BCUT2D eigenvalue weighted by Crippen LogP contribution is 2.11. The molecule has 0 unspecified atom stereocenters. The van der Waals surface area contributed by atoms with Gasteiger partial charge in [-0.15, -0.1) is 0 Å². The first-order chi connectivity index (χ1) is 7.13. The van der Waals surface area contributed by atoms with E-state index in [1.807, 2.05) is 31.3 Å². The predicted octanol–water partition coefficient (Wildman–Crippen LogP) is 1.07. The maximum absolute atomic E-state index is 10.5. The smallest absolute Gasteiger partial charge is 0.320 e. The molecule has 0 fully saturated rings. The van der Waals surface area contributed by atoms with Crippen molar-refractivity contribution in [2.24, 2.45) is 5.73 Å². The van der Waals surface area contributed by atoms with Gasteiger partial charge in [0.25, 0.3) is 0 Å². The highest BCUT2D eigenvalue weighted by molar-refractivity contribution is 5.73. The minimum atomic E-state index is -0.945. The van der Waals surface area contributed by atoms with Gasteiger partial charge < -0.3 is 16.2 Å². The molecular weight excluding hydrogens is 192 g/mol. The molecule has 82 valence electrons. The van der Waals surface area contributed by atoms with Crippen LogP contribution < -0.4 is 11.1 Å². The molecule has 0 spiro atoms. The Morgan fingerprint density at radius 3 is 2.93 bits per heavy atom. The lowest BCUT2D eigenvalue weighted by Crippen LogP contribution is -2.30. The third kappa shape index (κ3) is 3.59. The van der Waals surface area contributed by atoms with Crippen molar-refractivity contribution in [3.05, 3.63) is 29.8 Å². The number of benzene rings is 1. The lowest BCUT2D eigenvalue weighted by atomic mass is 10.1. The van der Waals surface area contributed by atoms with Crippen LogP contribution in [0.4, 0.5) is 5.69 Å². The van der Waals surface area contributed by atoms with Crippen molar-refractivity contribution in [2.75, 3.05) is 12.4 Å². The zero-order chi connectivity index (χ0) is 11.3. The van der Waals surface area contributed by atoms with Crippen molar-refractivity contribution >= 4 is 11.7 Å². The van der Waals surface area contributed by atoms with E-state index in [0.29, 0.717) is 12.8 Å². The molecule has 0 bridgehead atoms. The Morgan fingerprint density at radius 1 is 1.60 bits per heavy atom. The molecule has 1 aromatic rings. The average Bonchev–Trinajstić information content (AvgIpc) is 2.26. The fourth-order valence-electron chi connectivity index (χ4n) is 1.33. The zero-order valence-electron chi connectivity index (χ0n) is 8.73. The van der Waals surface area contributed by atoms with Crippen LogP contribution in [0.2, 0.25) is 0 Å². The number of carboxylic acid groups (broad SMARTS) is 1. The average molecular weight is 208 g/mol. The fourth-order valence-corrected chi connectivity index (χ4v) is 1.33. The summed E-state index contributed by atoms with van der Waals surface area (Å²) in [6, 6.07) is 7.08. The van der Waals surface area contributed by atoms with Gasteiger partial charge in [-0.25, -0.2) is 0 Å². The Hall–Kier alpha value is -1.55. The topological polar surface area (TPSA) is 75.3 Å². The number of nitrogens with two attached hydrogens (primary N) is 1. The maximum Gasteiger partial charge on any atom is 0.320 e. The van der Waals surface area contributed by atoms with Gasteiger partial charge in [-0.1, -0.05) is 12.1 Å². The molecule has 0 aliphatic rings. The van der Waals surface area contributed by atoms with E-state index < -0.39 is 12.0 Å². The first kappa shape index (κ1) is 11.5. The molecule has 15 heavy (non-hydrogen) atoms.